The average molecular weight is 339 g/mol. The number of rotatable bonds is 3. The molecule has 17 heavy (non-hydrogen) atoms. The van der Waals surface area contributed by atoms with E-state index in [1.807, 2.05) is 0 Å². The Morgan fingerprint density at radius 1 is 1.35 bits per heavy atom. The molecule has 1 atom stereocenters. The predicted molar refractivity (Wildman–Crippen MR) is 71.7 cm³/mol. The molecule has 0 saturated carbocycles. The van der Waals surface area contributed by atoms with Gasteiger partial charge in [-0.3, -0.25) is 0 Å². The van der Waals surface area contributed by atoms with Crippen molar-refractivity contribution < 1.29 is 8.42 Å². The highest BCUT2D eigenvalue weighted by molar-refractivity contribution is 9.10. The highest BCUT2D eigenvalue weighted by Crippen LogP contribution is 2.25. The van der Waals surface area contributed by atoms with E-state index in [1.54, 1.807) is 24.3 Å². The molecule has 1 saturated heterocycles. The Morgan fingerprint density at radius 3 is 2.53 bits per heavy atom. The Balaban J connectivity index is 2.22. The third kappa shape index (κ3) is 2.84. The fraction of sp³-hybridized carbons (Fsp3) is 0.455. The van der Waals surface area contributed by atoms with Gasteiger partial charge in [0, 0.05) is 23.4 Å². The van der Waals surface area contributed by atoms with Crippen LogP contribution in [-0.4, -0.2) is 31.7 Å². The van der Waals surface area contributed by atoms with Crippen molar-refractivity contribution in [3.05, 3.63) is 28.7 Å². The molecule has 94 valence electrons. The zero-order valence-corrected chi connectivity index (χ0v) is 12.3. The molecule has 1 unspecified atom stereocenters. The zero-order chi connectivity index (χ0) is 12.5. The van der Waals surface area contributed by atoms with Gasteiger partial charge < -0.3 is 0 Å². The van der Waals surface area contributed by atoms with E-state index in [2.05, 4.69) is 15.9 Å². The van der Waals surface area contributed by atoms with E-state index in [9.17, 15) is 8.42 Å². The largest absolute Gasteiger partial charge is 0.243 e. The van der Waals surface area contributed by atoms with Crippen LogP contribution in [0.1, 0.15) is 6.42 Å². The van der Waals surface area contributed by atoms with E-state index in [4.69, 9.17) is 11.6 Å². The van der Waals surface area contributed by atoms with Crippen LogP contribution in [0, 0.1) is 5.92 Å². The fourth-order valence-electron chi connectivity index (χ4n) is 1.90. The second kappa shape index (κ2) is 5.26. The summed E-state index contributed by atoms with van der Waals surface area (Å²) in [5.74, 6) is 0.800. The Bertz CT molecular complexity index is 489. The molecule has 1 heterocycles. The van der Waals surface area contributed by atoms with Crippen molar-refractivity contribution >= 4 is 37.6 Å². The molecule has 0 radical (unpaired) electrons. The summed E-state index contributed by atoms with van der Waals surface area (Å²) in [4.78, 5) is 0.343. The molecular formula is C11H13BrClNO2S. The van der Waals surface area contributed by atoms with Gasteiger partial charge in [-0.1, -0.05) is 15.9 Å². The molecule has 0 spiro atoms. The fourth-order valence-corrected chi connectivity index (χ4v) is 3.94. The number of halogens is 2. The quantitative estimate of drug-likeness (QED) is 0.795. The Morgan fingerprint density at radius 2 is 2.00 bits per heavy atom. The number of hydrogen-bond donors (Lipinski definition) is 0. The van der Waals surface area contributed by atoms with Crippen LogP contribution in [0.4, 0.5) is 0 Å². The highest BCUT2D eigenvalue weighted by Gasteiger charge is 2.31. The van der Waals surface area contributed by atoms with E-state index >= 15 is 0 Å². The summed E-state index contributed by atoms with van der Waals surface area (Å²) in [6, 6.07) is 6.71. The Hall–Kier alpha value is -0.100. The summed E-state index contributed by atoms with van der Waals surface area (Å²) < 4.78 is 26.9. The average Bonchev–Trinajstić information content (AvgIpc) is 2.78. The van der Waals surface area contributed by atoms with Crippen molar-refractivity contribution in [2.24, 2.45) is 5.92 Å². The molecule has 1 aromatic carbocycles. The molecule has 1 aliphatic rings. The number of benzene rings is 1. The summed E-state index contributed by atoms with van der Waals surface area (Å²) in [6.45, 7) is 1.09. The lowest BCUT2D eigenvalue weighted by atomic mass is 10.2. The van der Waals surface area contributed by atoms with Crippen LogP contribution in [0.2, 0.25) is 0 Å². The van der Waals surface area contributed by atoms with Crippen LogP contribution in [-0.2, 0) is 10.0 Å². The van der Waals surface area contributed by atoms with Crippen molar-refractivity contribution in [3.63, 3.8) is 0 Å². The zero-order valence-electron chi connectivity index (χ0n) is 9.14. The van der Waals surface area contributed by atoms with Gasteiger partial charge in [0.1, 0.15) is 0 Å². The van der Waals surface area contributed by atoms with Gasteiger partial charge in [0.2, 0.25) is 10.0 Å². The summed E-state index contributed by atoms with van der Waals surface area (Å²) in [5, 5.41) is 0. The highest BCUT2D eigenvalue weighted by atomic mass is 79.9. The van der Waals surface area contributed by atoms with E-state index in [1.165, 1.54) is 4.31 Å². The first-order chi connectivity index (χ1) is 8.04. The maximum absolute atomic E-state index is 12.3. The lowest BCUT2D eigenvalue weighted by molar-refractivity contribution is 0.465. The number of hydrogen-bond acceptors (Lipinski definition) is 2. The summed E-state index contributed by atoms with van der Waals surface area (Å²) in [6.07, 6.45) is 0.846. The minimum Gasteiger partial charge on any atom is -0.207 e. The van der Waals surface area contributed by atoms with Crippen LogP contribution in [0.15, 0.2) is 33.6 Å². The van der Waals surface area contributed by atoms with Crippen LogP contribution in [0.5, 0.6) is 0 Å². The molecule has 0 aliphatic carbocycles. The second-order valence-corrected chi connectivity index (χ2v) is 7.29. The van der Waals surface area contributed by atoms with Gasteiger partial charge >= 0.3 is 0 Å². The lowest BCUT2D eigenvalue weighted by Gasteiger charge is -2.16. The summed E-state index contributed by atoms with van der Waals surface area (Å²) in [7, 11) is -3.34. The molecule has 0 bridgehead atoms. The maximum atomic E-state index is 12.3. The number of alkyl halides is 1. The van der Waals surface area contributed by atoms with Crippen molar-refractivity contribution in [3.8, 4) is 0 Å². The lowest BCUT2D eigenvalue weighted by Crippen LogP contribution is -2.29. The van der Waals surface area contributed by atoms with Crippen LogP contribution in [0.25, 0.3) is 0 Å². The Kier molecular flexibility index (Phi) is 4.13. The van der Waals surface area contributed by atoms with E-state index in [-0.39, 0.29) is 5.92 Å². The van der Waals surface area contributed by atoms with Crippen LogP contribution < -0.4 is 0 Å². The summed E-state index contributed by atoms with van der Waals surface area (Å²) in [5.41, 5.74) is 0. The second-order valence-electron chi connectivity index (χ2n) is 4.13. The van der Waals surface area contributed by atoms with Gasteiger partial charge in [-0.2, -0.15) is 4.31 Å². The first-order valence-electron chi connectivity index (χ1n) is 5.35. The molecule has 1 aromatic rings. The molecular weight excluding hydrogens is 326 g/mol. The van der Waals surface area contributed by atoms with Gasteiger partial charge in [-0.15, -0.1) is 11.6 Å². The monoisotopic (exact) mass is 337 g/mol. The molecule has 1 fully saturated rings. The maximum Gasteiger partial charge on any atom is 0.243 e. The Labute approximate surface area is 115 Å². The minimum atomic E-state index is -3.34. The molecule has 0 N–H and O–H groups in total. The SMILES string of the molecule is O=S(=O)(c1ccc(Br)cc1)N1CCC(CCl)C1. The molecule has 0 aromatic heterocycles. The van der Waals surface area contributed by atoms with Crippen molar-refractivity contribution in [2.45, 2.75) is 11.3 Å². The third-order valence-corrected chi connectivity index (χ3v) is 5.76. The standard InChI is InChI=1S/C11H13BrClNO2S/c12-10-1-3-11(4-2-10)17(15,16)14-6-5-9(7-13)8-14/h1-4,9H,5-8H2. The summed E-state index contributed by atoms with van der Waals surface area (Å²) >= 11 is 9.05. The van der Waals surface area contributed by atoms with E-state index in [0.29, 0.717) is 23.9 Å². The smallest absolute Gasteiger partial charge is 0.207 e. The van der Waals surface area contributed by atoms with Crippen molar-refractivity contribution in [1.82, 2.24) is 4.31 Å². The number of nitrogens with zero attached hydrogens (tertiary/aromatic N) is 1. The van der Waals surface area contributed by atoms with Crippen LogP contribution in [0.3, 0.4) is 0 Å². The third-order valence-electron chi connectivity index (χ3n) is 2.92. The first kappa shape index (κ1) is 13.3. The normalized spacial score (nSPS) is 21.9. The van der Waals surface area contributed by atoms with E-state index < -0.39 is 10.0 Å². The minimum absolute atomic E-state index is 0.280. The number of sulfonamides is 1. The van der Waals surface area contributed by atoms with Gasteiger partial charge in [-0.25, -0.2) is 8.42 Å². The van der Waals surface area contributed by atoms with Gasteiger partial charge in [-0.05, 0) is 36.6 Å². The topological polar surface area (TPSA) is 37.4 Å². The van der Waals surface area contributed by atoms with Crippen LogP contribution >= 0.6 is 27.5 Å². The van der Waals surface area contributed by atoms with E-state index in [0.717, 1.165) is 10.9 Å². The van der Waals surface area contributed by atoms with Crippen molar-refractivity contribution in [2.75, 3.05) is 19.0 Å². The van der Waals surface area contributed by atoms with Gasteiger partial charge in [0.25, 0.3) is 0 Å². The predicted octanol–water partition coefficient (Wildman–Crippen LogP) is 2.70. The van der Waals surface area contributed by atoms with Gasteiger partial charge in [0.15, 0.2) is 0 Å². The molecule has 2 rings (SSSR count). The van der Waals surface area contributed by atoms with Crippen molar-refractivity contribution in [1.29, 1.82) is 0 Å². The first-order valence-corrected chi connectivity index (χ1v) is 8.12. The molecule has 3 nitrogen and oxygen atoms in total. The molecule has 1 aliphatic heterocycles. The van der Waals surface area contributed by atoms with Gasteiger partial charge in [0.05, 0.1) is 4.90 Å². The molecule has 0 amide bonds. The molecule has 6 heteroatoms.